The summed E-state index contributed by atoms with van der Waals surface area (Å²) in [7, 11) is 0. The normalized spacial score (nSPS) is 19.2. The van der Waals surface area contributed by atoms with E-state index in [1.165, 1.54) is 0 Å². The van der Waals surface area contributed by atoms with Crippen LogP contribution in [0.2, 0.25) is 0 Å². The van der Waals surface area contributed by atoms with Crippen molar-refractivity contribution in [2.45, 2.75) is 63.6 Å². The summed E-state index contributed by atoms with van der Waals surface area (Å²) < 4.78 is 0. The Balaban J connectivity index is 0.00000145. The van der Waals surface area contributed by atoms with E-state index in [2.05, 4.69) is 17.6 Å². The molecule has 6 nitrogen and oxygen atoms in total. The summed E-state index contributed by atoms with van der Waals surface area (Å²) in [5.74, 6) is -0.266. The van der Waals surface area contributed by atoms with Crippen LogP contribution in [0.3, 0.4) is 0 Å². The SMILES string of the molecule is C=O.CC(CCCCC1CCC(C(N)=O)N1)NC(=O)c1ccc2ccccc2c1. The van der Waals surface area contributed by atoms with Crippen LogP contribution >= 0.6 is 0 Å². The molecule has 3 unspecified atom stereocenters. The number of primary amides is 1. The van der Waals surface area contributed by atoms with Crippen molar-refractivity contribution in [2.75, 3.05) is 0 Å². The molecule has 0 spiro atoms. The Morgan fingerprint density at radius 3 is 2.55 bits per heavy atom. The first-order valence-electron chi connectivity index (χ1n) is 10.2. The molecule has 0 aliphatic carbocycles. The van der Waals surface area contributed by atoms with Crippen LogP contribution in [0.1, 0.15) is 55.8 Å². The van der Waals surface area contributed by atoms with Gasteiger partial charge in [0.25, 0.3) is 5.91 Å². The minimum absolute atomic E-state index is 0.0185. The van der Waals surface area contributed by atoms with Crippen molar-refractivity contribution < 1.29 is 14.4 Å². The summed E-state index contributed by atoms with van der Waals surface area (Å²) >= 11 is 0. The van der Waals surface area contributed by atoms with E-state index in [0.29, 0.717) is 11.6 Å². The van der Waals surface area contributed by atoms with Gasteiger partial charge in [0.05, 0.1) is 6.04 Å². The molecule has 4 N–H and O–H groups in total. The molecule has 3 atom stereocenters. The van der Waals surface area contributed by atoms with Gasteiger partial charge >= 0.3 is 0 Å². The van der Waals surface area contributed by atoms with Gasteiger partial charge in [0.2, 0.25) is 5.91 Å². The van der Waals surface area contributed by atoms with Crippen LogP contribution in [-0.2, 0) is 9.59 Å². The molecular formula is C23H31N3O3. The van der Waals surface area contributed by atoms with Crippen molar-refractivity contribution >= 4 is 29.4 Å². The molecule has 0 aromatic heterocycles. The summed E-state index contributed by atoms with van der Waals surface area (Å²) in [6.45, 7) is 4.05. The quantitative estimate of drug-likeness (QED) is 0.596. The first-order valence-corrected chi connectivity index (χ1v) is 10.2. The Hall–Kier alpha value is -2.73. The van der Waals surface area contributed by atoms with E-state index < -0.39 is 0 Å². The fourth-order valence-corrected chi connectivity index (χ4v) is 3.82. The molecule has 1 aliphatic heterocycles. The lowest BCUT2D eigenvalue weighted by Crippen LogP contribution is -2.39. The topological polar surface area (TPSA) is 101 Å². The Labute approximate surface area is 172 Å². The first kappa shape index (κ1) is 22.6. The highest BCUT2D eigenvalue weighted by molar-refractivity contribution is 5.98. The number of carbonyl (C=O) groups is 3. The van der Waals surface area contributed by atoms with Gasteiger partial charge in [0.1, 0.15) is 6.79 Å². The van der Waals surface area contributed by atoms with Crippen LogP contribution in [0.15, 0.2) is 42.5 Å². The molecule has 0 saturated carbocycles. The van der Waals surface area contributed by atoms with E-state index in [1.54, 1.807) is 0 Å². The zero-order valence-electron chi connectivity index (χ0n) is 17.0. The largest absolute Gasteiger partial charge is 0.368 e. The van der Waals surface area contributed by atoms with Gasteiger partial charge in [-0.15, -0.1) is 0 Å². The lowest BCUT2D eigenvalue weighted by molar-refractivity contribution is -0.119. The summed E-state index contributed by atoms with van der Waals surface area (Å²) in [4.78, 5) is 31.7. The van der Waals surface area contributed by atoms with Gasteiger partial charge in [-0.3, -0.25) is 9.59 Å². The minimum atomic E-state index is -0.248. The highest BCUT2D eigenvalue weighted by atomic mass is 16.2. The minimum Gasteiger partial charge on any atom is -0.368 e. The van der Waals surface area contributed by atoms with Crippen LogP contribution in [0.5, 0.6) is 0 Å². The van der Waals surface area contributed by atoms with Crippen LogP contribution in [0.25, 0.3) is 10.8 Å². The molecule has 2 aromatic rings. The van der Waals surface area contributed by atoms with Crippen LogP contribution in [0.4, 0.5) is 0 Å². The van der Waals surface area contributed by atoms with Crippen molar-refractivity contribution in [1.29, 1.82) is 0 Å². The number of nitrogens with two attached hydrogens (primary N) is 1. The van der Waals surface area contributed by atoms with Gasteiger partial charge in [-0.25, -0.2) is 0 Å². The molecule has 1 heterocycles. The van der Waals surface area contributed by atoms with Crippen LogP contribution in [-0.4, -0.2) is 36.7 Å². The zero-order chi connectivity index (χ0) is 21.2. The van der Waals surface area contributed by atoms with E-state index in [4.69, 9.17) is 10.5 Å². The van der Waals surface area contributed by atoms with Crippen molar-refractivity contribution in [3.05, 3.63) is 48.0 Å². The second-order valence-electron chi connectivity index (χ2n) is 7.62. The average molecular weight is 398 g/mol. The molecule has 0 bridgehead atoms. The molecule has 29 heavy (non-hydrogen) atoms. The second kappa shape index (κ2) is 11.3. The number of unbranched alkanes of at least 4 members (excludes halogenated alkanes) is 1. The maximum Gasteiger partial charge on any atom is 0.251 e. The maximum atomic E-state index is 12.5. The molecule has 6 heteroatoms. The smallest absolute Gasteiger partial charge is 0.251 e. The monoisotopic (exact) mass is 397 g/mol. The Morgan fingerprint density at radius 2 is 1.86 bits per heavy atom. The highest BCUT2D eigenvalue weighted by Crippen LogP contribution is 2.18. The number of benzene rings is 2. The third-order valence-corrected chi connectivity index (χ3v) is 5.41. The van der Waals surface area contributed by atoms with E-state index in [0.717, 1.165) is 49.3 Å². The Kier molecular flexibility index (Phi) is 8.80. The number of amides is 2. The zero-order valence-corrected chi connectivity index (χ0v) is 17.0. The number of hydrogen-bond donors (Lipinski definition) is 3. The molecule has 1 aliphatic rings. The van der Waals surface area contributed by atoms with Crippen molar-refractivity contribution in [3.63, 3.8) is 0 Å². The molecule has 2 aromatic carbocycles. The summed E-state index contributed by atoms with van der Waals surface area (Å²) in [6.07, 6.45) is 6.00. The molecule has 0 radical (unpaired) electrons. The van der Waals surface area contributed by atoms with Gasteiger partial charge in [-0.1, -0.05) is 43.2 Å². The third-order valence-electron chi connectivity index (χ3n) is 5.41. The number of nitrogens with one attached hydrogen (secondary N) is 2. The standard InChI is InChI=1S/C22H29N3O2.CH2O/c1-15(6-2-5-9-19-12-13-20(25-19)21(23)26)24-22(27)18-11-10-16-7-3-4-8-17(16)14-18;1-2/h3-4,7-8,10-11,14-15,19-20,25H,2,5-6,9,12-13H2,1H3,(H2,23,26)(H,24,27);1H2. The van der Waals surface area contributed by atoms with E-state index >= 15 is 0 Å². The van der Waals surface area contributed by atoms with E-state index in [-0.39, 0.29) is 23.9 Å². The fraction of sp³-hybridized carbons (Fsp3) is 0.435. The van der Waals surface area contributed by atoms with Gasteiger partial charge in [-0.05, 0) is 55.5 Å². The lowest BCUT2D eigenvalue weighted by atomic mass is 10.0. The Bertz CT molecular complexity index is 824. The number of rotatable bonds is 8. The van der Waals surface area contributed by atoms with Crippen LogP contribution in [0, 0.1) is 0 Å². The first-order chi connectivity index (χ1) is 14.0. The average Bonchev–Trinajstić information content (AvgIpc) is 3.21. The summed E-state index contributed by atoms with van der Waals surface area (Å²) in [5.41, 5.74) is 6.04. The molecule has 3 rings (SSSR count). The number of carbonyl (C=O) groups excluding carboxylic acids is 3. The predicted octanol–water partition coefficient (Wildman–Crippen LogP) is 2.94. The van der Waals surface area contributed by atoms with Gasteiger partial charge in [0, 0.05) is 17.6 Å². The molecule has 2 amide bonds. The van der Waals surface area contributed by atoms with Crippen molar-refractivity contribution in [1.82, 2.24) is 10.6 Å². The third kappa shape index (κ3) is 6.68. The molecular weight excluding hydrogens is 366 g/mol. The molecule has 1 saturated heterocycles. The van der Waals surface area contributed by atoms with Gasteiger partial charge < -0.3 is 21.2 Å². The predicted molar refractivity (Wildman–Crippen MR) is 116 cm³/mol. The molecule has 156 valence electrons. The van der Waals surface area contributed by atoms with Gasteiger partial charge in [-0.2, -0.15) is 0 Å². The fourth-order valence-electron chi connectivity index (χ4n) is 3.82. The lowest BCUT2D eigenvalue weighted by Gasteiger charge is -2.15. The van der Waals surface area contributed by atoms with Crippen molar-refractivity contribution in [2.24, 2.45) is 5.73 Å². The van der Waals surface area contributed by atoms with E-state index in [1.807, 2.05) is 49.3 Å². The van der Waals surface area contributed by atoms with Crippen LogP contribution < -0.4 is 16.4 Å². The second-order valence-corrected chi connectivity index (χ2v) is 7.62. The highest BCUT2D eigenvalue weighted by Gasteiger charge is 2.26. The van der Waals surface area contributed by atoms with Crippen molar-refractivity contribution in [3.8, 4) is 0 Å². The maximum absolute atomic E-state index is 12.5. The Morgan fingerprint density at radius 1 is 1.14 bits per heavy atom. The number of hydrogen-bond acceptors (Lipinski definition) is 4. The summed E-state index contributed by atoms with van der Waals surface area (Å²) in [5, 5.41) is 8.62. The molecule has 1 fully saturated rings. The summed E-state index contributed by atoms with van der Waals surface area (Å²) in [6, 6.07) is 14.2. The van der Waals surface area contributed by atoms with E-state index in [9.17, 15) is 9.59 Å². The van der Waals surface area contributed by atoms with Gasteiger partial charge in [0.15, 0.2) is 0 Å². The number of fused-ring (bicyclic) bond motifs is 1.